The van der Waals surface area contributed by atoms with E-state index >= 15 is 0 Å². The summed E-state index contributed by atoms with van der Waals surface area (Å²) < 4.78 is 2.31. The number of nitrogens with zero attached hydrogens (tertiary/aromatic N) is 2. The zero-order chi connectivity index (χ0) is 12.8. The van der Waals surface area contributed by atoms with Crippen molar-refractivity contribution < 1.29 is 0 Å². The van der Waals surface area contributed by atoms with Crippen molar-refractivity contribution >= 4 is 27.3 Å². The van der Waals surface area contributed by atoms with Gasteiger partial charge in [0.1, 0.15) is 0 Å². The quantitative estimate of drug-likeness (QED) is 0.687. The normalized spacial score (nSPS) is 18.6. The Balaban J connectivity index is 1.94. The molecular weight excluding hydrogens is 254 g/mol. The summed E-state index contributed by atoms with van der Waals surface area (Å²) in [5.41, 5.74) is 3.66. The Morgan fingerprint density at radius 1 is 1.47 bits per heavy atom. The maximum absolute atomic E-state index is 5.43. The fourth-order valence-corrected chi connectivity index (χ4v) is 3.91. The van der Waals surface area contributed by atoms with E-state index in [0.717, 1.165) is 29.9 Å². The number of thiazole rings is 1. The Morgan fingerprint density at radius 3 is 3.26 bits per heavy atom. The van der Waals surface area contributed by atoms with Gasteiger partial charge in [-0.05, 0) is 12.1 Å². The van der Waals surface area contributed by atoms with Crippen LogP contribution in [0, 0.1) is 12.3 Å². The second kappa shape index (κ2) is 4.09. The van der Waals surface area contributed by atoms with Gasteiger partial charge in [-0.2, -0.15) is 0 Å². The maximum Gasteiger partial charge on any atom is 0.195 e. The molecule has 0 fully saturated rings. The number of aromatic nitrogens is 2. The van der Waals surface area contributed by atoms with Gasteiger partial charge < -0.3 is 5.32 Å². The van der Waals surface area contributed by atoms with Gasteiger partial charge in [-0.1, -0.05) is 23.5 Å². The summed E-state index contributed by atoms with van der Waals surface area (Å²) in [5, 5.41) is 3.50. The number of hydrogen-bond acceptors (Lipinski definition) is 3. The van der Waals surface area contributed by atoms with Crippen LogP contribution < -0.4 is 5.32 Å². The number of rotatable bonds is 1. The zero-order valence-electron chi connectivity index (χ0n) is 10.4. The molecule has 4 heteroatoms. The van der Waals surface area contributed by atoms with Gasteiger partial charge in [0.2, 0.25) is 0 Å². The van der Waals surface area contributed by atoms with Gasteiger partial charge in [0.25, 0.3) is 0 Å². The van der Waals surface area contributed by atoms with E-state index < -0.39 is 0 Å². The highest BCUT2D eigenvalue weighted by molar-refractivity contribution is 7.17. The molecule has 4 rings (SSSR count). The molecule has 0 radical (unpaired) electrons. The molecule has 1 unspecified atom stereocenters. The Kier molecular flexibility index (Phi) is 2.37. The minimum atomic E-state index is 0.386. The molecule has 1 N–H and O–H groups in total. The van der Waals surface area contributed by atoms with E-state index in [1.54, 1.807) is 11.3 Å². The van der Waals surface area contributed by atoms with Crippen molar-refractivity contribution in [2.24, 2.45) is 0 Å². The lowest BCUT2D eigenvalue weighted by Gasteiger charge is -2.22. The molecule has 1 aromatic carbocycles. The topological polar surface area (TPSA) is 29.3 Å². The monoisotopic (exact) mass is 267 g/mol. The van der Waals surface area contributed by atoms with E-state index in [1.165, 1.54) is 16.1 Å². The van der Waals surface area contributed by atoms with E-state index in [1.807, 2.05) is 6.07 Å². The van der Waals surface area contributed by atoms with Crippen LogP contribution in [0.25, 0.3) is 16.0 Å². The van der Waals surface area contributed by atoms with Crippen LogP contribution in [0.5, 0.6) is 0 Å². The highest BCUT2D eigenvalue weighted by atomic mass is 32.1. The summed E-state index contributed by atoms with van der Waals surface area (Å²) in [6.07, 6.45) is 7.20. The first-order valence-electron chi connectivity index (χ1n) is 6.41. The highest BCUT2D eigenvalue weighted by Crippen LogP contribution is 2.31. The largest absolute Gasteiger partial charge is 0.308 e. The molecule has 3 nitrogen and oxygen atoms in total. The summed E-state index contributed by atoms with van der Waals surface area (Å²) in [6.45, 7) is 0.907. The summed E-state index contributed by atoms with van der Waals surface area (Å²) in [5.74, 6) is 2.76. The molecule has 1 atom stereocenters. The molecular formula is C15H13N3S. The molecule has 0 aliphatic carbocycles. The van der Waals surface area contributed by atoms with Crippen molar-refractivity contribution in [2.45, 2.75) is 25.4 Å². The first-order valence-corrected chi connectivity index (χ1v) is 7.23. The molecule has 19 heavy (non-hydrogen) atoms. The standard InChI is InChI=1S/C15H13N3S/c1-2-5-10-8-13-14(9-16-10)19-15-17-11-6-3-4-7-12(11)18(13)15/h1,3-4,6-7,10,16H,5,8-9H2. The summed E-state index contributed by atoms with van der Waals surface area (Å²) in [4.78, 5) is 7.19. The molecule has 0 saturated carbocycles. The third kappa shape index (κ3) is 1.59. The van der Waals surface area contributed by atoms with Gasteiger partial charge in [0.15, 0.2) is 4.96 Å². The first-order chi connectivity index (χ1) is 9.36. The summed E-state index contributed by atoms with van der Waals surface area (Å²) in [7, 11) is 0. The Bertz CT molecular complexity index is 806. The molecule has 1 aliphatic rings. The van der Waals surface area contributed by atoms with Crippen LogP contribution in [0.15, 0.2) is 24.3 Å². The Labute approximate surface area is 115 Å². The van der Waals surface area contributed by atoms with Crippen molar-refractivity contribution in [2.75, 3.05) is 0 Å². The predicted molar refractivity (Wildman–Crippen MR) is 78.4 cm³/mol. The lowest BCUT2D eigenvalue weighted by Crippen LogP contribution is -2.35. The highest BCUT2D eigenvalue weighted by Gasteiger charge is 2.23. The van der Waals surface area contributed by atoms with Gasteiger partial charge in [0.05, 0.1) is 11.0 Å². The van der Waals surface area contributed by atoms with Crippen molar-refractivity contribution in [3.8, 4) is 12.3 Å². The number of para-hydroxylation sites is 2. The third-order valence-corrected chi connectivity index (χ3v) is 4.77. The van der Waals surface area contributed by atoms with Gasteiger partial charge in [-0.3, -0.25) is 4.40 Å². The van der Waals surface area contributed by atoms with Crippen molar-refractivity contribution in [3.05, 3.63) is 34.8 Å². The van der Waals surface area contributed by atoms with Crippen LogP contribution in [0.3, 0.4) is 0 Å². The van der Waals surface area contributed by atoms with E-state index in [-0.39, 0.29) is 0 Å². The molecule has 0 bridgehead atoms. The zero-order valence-corrected chi connectivity index (χ0v) is 11.2. The molecule has 2 aromatic heterocycles. The lowest BCUT2D eigenvalue weighted by molar-refractivity contribution is 0.485. The van der Waals surface area contributed by atoms with E-state index in [2.05, 4.69) is 33.8 Å². The minimum absolute atomic E-state index is 0.386. The number of fused-ring (bicyclic) bond motifs is 5. The smallest absolute Gasteiger partial charge is 0.195 e. The number of benzene rings is 1. The summed E-state index contributed by atoms with van der Waals surface area (Å²) in [6, 6.07) is 8.70. The van der Waals surface area contributed by atoms with E-state index in [4.69, 9.17) is 11.4 Å². The van der Waals surface area contributed by atoms with Crippen molar-refractivity contribution in [1.82, 2.24) is 14.7 Å². The fourth-order valence-electron chi connectivity index (χ4n) is 2.80. The number of nitrogens with one attached hydrogen (secondary N) is 1. The van der Waals surface area contributed by atoms with Gasteiger partial charge in [0, 0.05) is 36.0 Å². The van der Waals surface area contributed by atoms with Crippen molar-refractivity contribution in [3.63, 3.8) is 0 Å². The minimum Gasteiger partial charge on any atom is -0.308 e. The van der Waals surface area contributed by atoms with Crippen LogP contribution >= 0.6 is 11.3 Å². The van der Waals surface area contributed by atoms with Crippen molar-refractivity contribution in [1.29, 1.82) is 0 Å². The molecule has 1 aliphatic heterocycles. The van der Waals surface area contributed by atoms with Crippen LogP contribution in [0.1, 0.15) is 17.0 Å². The SMILES string of the molecule is C#CCC1Cc2c(sc3nc4ccccc4n23)CN1. The maximum atomic E-state index is 5.43. The van der Waals surface area contributed by atoms with Gasteiger partial charge >= 0.3 is 0 Å². The van der Waals surface area contributed by atoms with Crippen LogP contribution in [-0.2, 0) is 13.0 Å². The lowest BCUT2D eigenvalue weighted by atomic mass is 10.0. The van der Waals surface area contributed by atoms with Crippen LogP contribution in [0.4, 0.5) is 0 Å². The molecule has 0 spiro atoms. The van der Waals surface area contributed by atoms with Crippen LogP contribution in [0.2, 0.25) is 0 Å². The molecule has 3 aromatic rings. The predicted octanol–water partition coefficient (Wildman–Crippen LogP) is 2.59. The Morgan fingerprint density at radius 2 is 2.37 bits per heavy atom. The van der Waals surface area contributed by atoms with Gasteiger partial charge in [-0.25, -0.2) is 4.98 Å². The van der Waals surface area contributed by atoms with E-state index in [9.17, 15) is 0 Å². The third-order valence-electron chi connectivity index (χ3n) is 3.69. The Hall–Kier alpha value is -1.83. The second-order valence-electron chi connectivity index (χ2n) is 4.88. The fraction of sp³-hybridized carbons (Fsp3) is 0.267. The average molecular weight is 267 g/mol. The average Bonchev–Trinajstić information content (AvgIpc) is 2.94. The molecule has 94 valence electrons. The first kappa shape index (κ1) is 11.0. The summed E-state index contributed by atoms with van der Waals surface area (Å²) >= 11 is 1.78. The van der Waals surface area contributed by atoms with E-state index in [0.29, 0.717) is 6.04 Å². The number of hydrogen-bond donors (Lipinski definition) is 1. The second-order valence-corrected chi connectivity index (χ2v) is 5.94. The van der Waals surface area contributed by atoms with Gasteiger partial charge in [-0.15, -0.1) is 12.3 Å². The molecule has 3 heterocycles. The molecule has 0 saturated heterocycles. The van der Waals surface area contributed by atoms with Crippen LogP contribution in [-0.4, -0.2) is 15.4 Å². The molecule has 0 amide bonds. The number of imidazole rings is 1. The number of terminal acetylenes is 1.